The Hall–Kier alpha value is -1.57. The number of hydrogen-bond donors (Lipinski definition) is 0. The van der Waals surface area contributed by atoms with Gasteiger partial charge in [0.2, 0.25) is 0 Å². The molecule has 0 unspecified atom stereocenters. The first-order chi connectivity index (χ1) is 5.88. The number of nitrogens with zero attached hydrogens (tertiary/aromatic N) is 2. The molecule has 0 bridgehead atoms. The molecule has 2 rings (SSSR count). The van der Waals surface area contributed by atoms with Crippen molar-refractivity contribution in [3.8, 4) is 5.69 Å². The van der Waals surface area contributed by atoms with Gasteiger partial charge in [0.1, 0.15) is 6.20 Å². The molecular formula is C10H9N2. The fourth-order valence-corrected chi connectivity index (χ4v) is 1.19. The maximum Gasteiger partial charge on any atom is 0.113 e. The van der Waals surface area contributed by atoms with Crippen molar-refractivity contribution in [3.05, 3.63) is 48.3 Å². The Labute approximate surface area is 71.5 Å². The van der Waals surface area contributed by atoms with Gasteiger partial charge in [-0.05, 0) is 24.6 Å². The molecule has 0 atom stereocenters. The van der Waals surface area contributed by atoms with Crippen molar-refractivity contribution in [3.63, 3.8) is 0 Å². The van der Waals surface area contributed by atoms with E-state index < -0.39 is 0 Å². The van der Waals surface area contributed by atoms with Crippen LogP contribution in [0.25, 0.3) is 5.69 Å². The summed E-state index contributed by atoms with van der Waals surface area (Å²) in [5, 5.41) is 4.04. The summed E-state index contributed by atoms with van der Waals surface area (Å²) in [6.07, 6.45) is 4.66. The van der Waals surface area contributed by atoms with E-state index in [2.05, 4.69) is 24.3 Å². The molecule has 0 saturated carbocycles. The van der Waals surface area contributed by atoms with Crippen LogP contribution >= 0.6 is 0 Å². The van der Waals surface area contributed by atoms with Gasteiger partial charge in [-0.3, -0.25) is 0 Å². The van der Waals surface area contributed by atoms with Crippen molar-refractivity contribution in [1.29, 1.82) is 0 Å². The van der Waals surface area contributed by atoms with E-state index in [0.717, 1.165) is 5.69 Å². The van der Waals surface area contributed by atoms with Crippen LogP contribution in [0.1, 0.15) is 5.56 Å². The van der Waals surface area contributed by atoms with Crippen LogP contribution in [-0.2, 0) is 0 Å². The Bertz CT molecular complexity index is 363. The van der Waals surface area contributed by atoms with E-state index in [0.29, 0.717) is 0 Å². The molecule has 59 valence electrons. The third kappa shape index (κ3) is 1.11. The van der Waals surface area contributed by atoms with E-state index >= 15 is 0 Å². The van der Waals surface area contributed by atoms with Gasteiger partial charge in [0.05, 0.1) is 5.69 Å². The van der Waals surface area contributed by atoms with Gasteiger partial charge in [-0.2, -0.15) is 5.10 Å². The summed E-state index contributed by atoms with van der Waals surface area (Å²) in [5.41, 5.74) is 2.33. The molecule has 0 amide bonds. The SMILES string of the molecule is Cc1ccccc1-n1cc[c]n1. The Balaban J connectivity index is 2.55. The number of aromatic nitrogens is 2. The summed E-state index contributed by atoms with van der Waals surface area (Å²) < 4.78 is 1.81. The minimum atomic E-state index is 1.11. The molecule has 1 aromatic carbocycles. The van der Waals surface area contributed by atoms with Gasteiger partial charge in [-0.25, -0.2) is 4.68 Å². The average Bonchev–Trinajstić information content (AvgIpc) is 2.57. The second-order valence-electron chi connectivity index (χ2n) is 2.68. The van der Waals surface area contributed by atoms with E-state index in [1.807, 2.05) is 29.1 Å². The highest BCUT2D eigenvalue weighted by Gasteiger charge is 1.97. The van der Waals surface area contributed by atoms with Crippen molar-refractivity contribution in [2.75, 3.05) is 0 Å². The fourth-order valence-electron chi connectivity index (χ4n) is 1.19. The van der Waals surface area contributed by atoms with Crippen LogP contribution in [0.4, 0.5) is 0 Å². The molecule has 12 heavy (non-hydrogen) atoms. The smallest absolute Gasteiger partial charge is 0.113 e. The zero-order chi connectivity index (χ0) is 8.39. The third-order valence-electron chi connectivity index (χ3n) is 1.82. The predicted molar refractivity (Wildman–Crippen MR) is 47.1 cm³/mol. The van der Waals surface area contributed by atoms with Crippen LogP contribution in [0.3, 0.4) is 0 Å². The number of benzene rings is 1. The molecule has 0 aliphatic carbocycles. The van der Waals surface area contributed by atoms with E-state index in [1.54, 1.807) is 6.07 Å². The number of aryl methyl sites for hydroxylation is 1. The van der Waals surface area contributed by atoms with Gasteiger partial charge in [-0.15, -0.1) is 0 Å². The Morgan fingerprint density at radius 1 is 1.33 bits per heavy atom. The second-order valence-corrected chi connectivity index (χ2v) is 2.68. The Morgan fingerprint density at radius 3 is 2.83 bits per heavy atom. The monoisotopic (exact) mass is 157 g/mol. The normalized spacial score (nSPS) is 10.1. The minimum absolute atomic E-state index is 1.11. The van der Waals surface area contributed by atoms with Gasteiger partial charge >= 0.3 is 0 Å². The van der Waals surface area contributed by atoms with Crippen LogP contribution in [0, 0.1) is 13.1 Å². The van der Waals surface area contributed by atoms with Crippen molar-refractivity contribution in [1.82, 2.24) is 9.78 Å². The number of rotatable bonds is 1. The van der Waals surface area contributed by atoms with Crippen molar-refractivity contribution in [2.24, 2.45) is 0 Å². The highest BCUT2D eigenvalue weighted by molar-refractivity contribution is 5.38. The highest BCUT2D eigenvalue weighted by atomic mass is 15.3. The molecule has 2 nitrogen and oxygen atoms in total. The first kappa shape index (κ1) is 7.10. The van der Waals surface area contributed by atoms with Crippen molar-refractivity contribution < 1.29 is 0 Å². The molecule has 0 fully saturated rings. The summed E-state index contributed by atoms with van der Waals surface area (Å²) in [5.74, 6) is 0. The molecule has 1 heterocycles. The zero-order valence-corrected chi connectivity index (χ0v) is 6.86. The maximum absolute atomic E-state index is 4.04. The average molecular weight is 157 g/mol. The Kier molecular flexibility index (Phi) is 1.67. The van der Waals surface area contributed by atoms with E-state index in [4.69, 9.17) is 0 Å². The fraction of sp³-hybridized carbons (Fsp3) is 0.100. The summed E-state index contributed by atoms with van der Waals surface area (Å²) in [7, 11) is 0. The lowest BCUT2D eigenvalue weighted by Gasteiger charge is -2.03. The van der Waals surface area contributed by atoms with Crippen LogP contribution in [0.5, 0.6) is 0 Å². The molecule has 0 aliphatic heterocycles. The van der Waals surface area contributed by atoms with Crippen molar-refractivity contribution in [2.45, 2.75) is 6.92 Å². The summed E-state index contributed by atoms with van der Waals surface area (Å²) in [6.45, 7) is 2.07. The first-order valence-corrected chi connectivity index (χ1v) is 3.85. The highest BCUT2D eigenvalue weighted by Crippen LogP contribution is 2.10. The first-order valence-electron chi connectivity index (χ1n) is 3.85. The van der Waals surface area contributed by atoms with Gasteiger partial charge in [-0.1, -0.05) is 18.2 Å². The molecule has 0 N–H and O–H groups in total. The predicted octanol–water partition coefficient (Wildman–Crippen LogP) is 1.98. The minimum Gasteiger partial charge on any atom is -0.240 e. The zero-order valence-electron chi connectivity index (χ0n) is 6.86. The summed E-state index contributed by atoms with van der Waals surface area (Å²) >= 11 is 0. The summed E-state index contributed by atoms with van der Waals surface area (Å²) in [4.78, 5) is 0. The van der Waals surface area contributed by atoms with Gasteiger partial charge in [0.25, 0.3) is 0 Å². The third-order valence-corrected chi connectivity index (χ3v) is 1.82. The number of hydrogen-bond acceptors (Lipinski definition) is 1. The molecule has 0 spiro atoms. The van der Waals surface area contributed by atoms with Crippen LogP contribution in [0.2, 0.25) is 0 Å². The molecule has 2 aromatic rings. The topological polar surface area (TPSA) is 17.8 Å². The van der Waals surface area contributed by atoms with Crippen LogP contribution in [0.15, 0.2) is 36.5 Å². The molecule has 1 radical (unpaired) electrons. The van der Waals surface area contributed by atoms with Crippen molar-refractivity contribution >= 4 is 0 Å². The van der Waals surface area contributed by atoms with E-state index in [1.165, 1.54) is 5.56 Å². The summed E-state index contributed by atoms with van der Waals surface area (Å²) in [6, 6.07) is 9.93. The van der Waals surface area contributed by atoms with Crippen LogP contribution in [-0.4, -0.2) is 9.78 Å². The van der Waals surface area contributed by atoms with E-state index in [-0.39, 0.29) is 0 Å². The lowest BCUT2D eigenvalue weighted by Crippen LogP contribution is -1.96. The van der Waals surface area contributed by atoms with Gasteiger partial charge < -0.3 is 0 Å². The molecule has 1 aromatic heterocycles. The van der Waals surface area contributed by atoms with Crippen LogP contribution < -0.4 is 0 Å². The van der Waals surface area contributed by atoms with Gasteiger partial charge in [0.15, 0.2) is 0 Å². The molecule has 0 saturated heterocycles. The molecule has 2 heteroatoms. The second kappa shape index (κ2) is 2.81. The standard InChI is InChI=1S/C10H9N2/c1-9-5-2-3-6-10(9)12-8-4-7-11-12/h2-6,8H,1H3. The maximum atomic E-state index is 4.04. The molecule has 0 aliphatic rings. The molecular weight excluding hydrogens is 148 g/mol. The lowest BCUT2D eigenvalue weighted by molar-refractivity contribution is 0.869. The number of para-hydroxylation sites is 1. The largest absolute Gasteiger partial charge is 0.240 e. The lowest BCUT2D eigenvalue weighted by atomic mass is 10.2. The van der Waals surface area contributed by atoms with Gasteiger partial charge in [0, 0.05) is 6.20 Å². The van der Waals surface area contributed by atoms with E-state index in [9.17, 15) is 0 Å². The Morgan fingerprint density at radius 2 is 2.17 bits per heavy atom. The quantitative estimate of drug-likeness (QED) is 0.619.